The highest BCUT2D eigenvalue weighted by molar-refractivity contribution is 7.98. The molecule has 1 N–H and O–H groups in total. The van der Waals surface area contributed by atoms with Crippen LogP contribution in [-0.4, -0.2) is 69.9 Å². The Hall–Kier alpha value is -2.41. The molecule has 0 saturated carbocycles. The lowest BCUT2D eigenvalue weighted by atomic mass is 10.3. The van der Waals surface area contributed by atoms with Crippen molar-refractivity contribution in [2.45, 2.75) is 17.3 Å². The van der Waals surface area contributed by atoms with Crippen molar-refractivity contribution in [3.05, 3.63) is 62.7 Å². The summed E-state index contributed by atoms with van der Waals surface area (Å²) < 4.78 is 12.8. The van der Waals surface area contributed by atoms with Crippen LogP contribution >= 0.6 is 46.3 Å². The average molecular weight is 580 g/mol. The van der Waals surface area contributed by atoms with E-state index >= 15 is 0 Å². The standard InChI is InChI=1S/C24H24Cl2N6O3S2/c25-17-5-4-16(13-18(17)26)32-22(20-3-1-10-35-20)29-30-24(32)37-15-21-28-19(14-36-21)23(33)27-6-2-7-31-8-11-34-12-9-31/h1,3-5,10,13-14H,2,6-9,11-12,15H2,(H,27,33). The summed E-state index contributed by atoms with van der Waals surface area (Å²) in [6.45, 7) is 5.01. The van der Waals surface area contributed by atoms with Gasteiger partial charge in [0.1, 0.15) is 10.7 Å². The van der Waals surface area contributed by atoms with E-state index < -0.39 is 0 Å². The van der Waals surface area contributed by atoms with Crippen LogP contribution in [0.4, 0.5) is 0 Å². The fourth-order valence-electron chi connectivity index (χ4n) is 3.81. The molecule has 13 heteroatoms. The Morgan fingerprint density at radius 3 is 2.81 bits per heavy atom. The van der Waals surface area contributed by atoms with Gasteiger partial charge in [-0.15, -0.1) is 21.5 Å². The molecule has 1 fully saturated rings. The fourth-order valence-corrected chi connectivity index (χ4v) is 5.85. The molecule has 37 heavy (non-hydrogen) atoms. The molecule has 0 radical (unpaired) electrons. The van der Waals surface area contributed by atoms with Gasteiger partial charge in [-0.2, -0.15) is 0 Å². The van der Waals surface area contributed by atoms with Crippen molar-refractivity contribution in [2.75, 3.05) is 39.4 Å². The average Bonchev–Trinajstić information content (AvgIpc) is 3.68. The Labute approximate surface area is 232 Å². The van der Waals surface area contributed by atoms with Crippen LogP contribution in [0.1, 0.15) is 21.9 Å². The van der Waals surface area contributed by atoms with Crippen molar-refractivity contribution in [2.24, 2.45) is 0 Å². The van der Waals surface area contributed by atoms with Crippen molar-refractivity contribution in [3.8, 4) is 17.3 Å². The summed E-state index contributed by atoms with van der Waals surface area (Å²) in [6, 6.07) is 8.94. The lowest BCUT2D eigenvalue weighted by molar-refractivity contribution is 0.0374. The highest BCUT2D eigenvalue weighted by atomic mass is 35.5. The zero-order valence-electron chi connectivity index (χ0n) is 19.7. The molecule has 4 heterocycles. The largest absolute Gasteiger partial charge is 0.461 e. The number of aromatic nitrogens is 4. The number of nitrogens with zero attached hydrogens (tertiary/aromatic N) is 5. The first-order chi connectivity index (χ1) is 18.1. The summed E-state index contributed by atoms with van der Waals surface area (Å²) in [7, 11) is 0. The number of rotatable bonds is 10. The van der Waals surface area contributed by atoms with Gasteiger partial charge in [-0.25, -0.2) is 4.98 Å². The third kappa shape index (κ3) is 6.54. The summed E-state index contributed by atoms with van der Waals surface area (Å²) >= 11 is 15.3. The second-order valence-corrected chi connectivity index (χ2v) is 10.9. The van der Waals surface area contributed by atoms with Crippen molar-refractivity contribution in [1.82, 2.24) is 30.0 Å². The minimum atomic E-state index is -0.159. The summed E-state index contributed by atoms with van der Waals surface area (Å²) in [4.78, 5) is 19.4. The number of thioether (sulfide) groups is 1. The number of carbonyl (C=O) groups excluding carboxylic acids is 1. The van der Waals surface area contributed by atoms with Gasteiger partial charge >= 0.3 is 0 Å². The highest BCUT2D eigenvalue weighted by Gasteiger charge is 2.20. The molecule has 9 nitrogen and oxygen atoms in total. The van der Waals surface area contributed by atoms with Crippen molar-refractivity contribution < 1.29 is 13.9 Å². The van der Waals surface area contributed by atoms with Gasteiger partial charge in [0.25, 0.3) is 5.91 Å². The van der Waals surface area contributed by atoms with Crippen molar-refractivity contribution >= 4 is 52.2 Å². The first-order valence-electron chi connectivity index (χ1n) is 11.7. The maximum Gasteiger partial charge on any atom is 0.270 e. The normalized spacial score (nSPS) is 14.2. The van der Waals surface area contributed by atoms with Crippen LogP contribution in [-0.2, 0) is 10.5 Å². The second kappa shape index (κ2) is 12.4. The monoisotopic (exact) mass is 578 g/mol. The lowest BCUT2D eigenvalue weighted by Crippen LogP contribution is -2.38. The molecular weight excluding hydrogens is 555 g/mol. The molecule has 194 valence electrons. The molecule has 1 aliphatic heterocycles. The molecule has 0 aliphatic carbocycles. The summed E-state index contributed by atoms with van der Waals surface area (Å²) in [5.41, 5.74) is 1.18. The number of amides is 1. The molecule has 1 saturated heterocycles. The quantitative estimate of drug-likeness (QED) is 0.206. The van der Waals surface area contributed by atoms with E-state index in [1.165, 1.54) is 23.1 Å². The molecule has 0 atom stereocenters. The number of hydrogen-bond acceptors (Lipinski definition) is 9. The molecular formula is C24H24Cl2N6O3S2. The van der Waals surface area contributed by atoms with Gasteiger partial charge in [-0.3, -0.25) is 14.3 Å². The van der Waals surface area contributed by atoms with E-state index in [1.807, 2.05) is 16.7 Å². The number of carbonyl (C=O) groups is 1. The predicted molar refractivity (Wildman–Crippen MR) is 145 cm³/mol. The van der Waals surface area contributed by atoms with Gasteiger partial charge in [0.2, 0.25) is 5.82 Å². The Morgan fingerprint density at radius 1 is 1.16 bits per heavy atom. The summed E-state index contributed by atoms with van der Waals surface area (Å²) in [5, 5.41) is 15.8. The van der Waals surface area contributed by atoms with Gasteiger partial charge in [-0.05, 0) is 43.3 Å². The van der Waals surface area contributed by atoms with E-state index in [2.05, 4.69) is 25.4 Å². The number of furan rings is 1. The Morgan fingerprint density at radius 2 is 2.03 bits per heavy atom. The summed E-state index contributed by atoms with van der Waals surface area (Å²) in [6.07, 6.45) is 2.47. The Balaban J connectivity index is 1.22. The third-order valence-corrected chi connectivity index (χ3v) is 8.40. The van der Waals surface area contributed by atoms with Gasteiger partial charge in [0.05, 0.1) is 41.0 Å². The molecule has 0 spiro atoms. The SMILES string of the molecule is O=C(NCCCN1CCOCC1)c1csc(CSc2nnc(-c3ccco3)n2-c2ccc(Cl)c(Cl)c2)n1. The van der Waals surface area contributed by atoms with E-state index in [-0.39, 0.29) is 5.91 Å². The van der Waals surface area contributed by atoms with E-state index in [9.17, 15) is 4.79 Å². The van der Waals surface area contributed by atoms with Gasteiger partial charge in [-0.1, -0.05) is 35.0 Å². The van der Waals surface area contributed by atoms with Gasteiger partial charge in [0, 0.05) is 25.0 Å². The van der Waals surface area contributed by atoms with E-state index in [1.54, 1.807) is 29.8 Å². The van der Waals surface area contributed by atoms with Crippen molar-refractivity contribution in [1.29, 1.82) is 0 Å². The Bertz CT molecular complexity index is 1340. The zero-order valence-corrected chi connectivity index (χ0v) is 22.9. The van der Waals surface area contributed by atoms with Crippen LogP contribution < -0.4 is 5.32 Å². The molecule has 4 aromatic rings. The molecule has 1 aliphatic rings. The fraction of sp³-hybridized carbons (Fsp3) is 0.333. The number of ether oxygens (including phenoxy) is 1. The maximum absolute atomic E-state index is 12.5. The smallest absolute Gasteiger partial charge is 0.270 e. The van der Waals surface area contributed by atoms with E-state index in [4.69, 9.17) is 32.4 Å². The number of hydrogen-bond donors (Lipinski definition) is 1. The van der Waals surface area contributed by atoms with Crippen molar-refractivity contribution in [3.63, 3.8) is 0 Å². The first-order valence-corrected chi connectivity index (χ1v) is 14.3. The number of morpholine rings is 1. The minimum absolute atomic E-state index is 0.159. The van der Waals surface area contributed by atoms with Crippen LogP contribution in [0, 0.1) is 0 Å². The molecule has 1 amide bonds. The van der Waals surface area contributed by atoms with Gasteiger partial charge in [0.15, 0.2) is 10.9 Å². The van der Waals surface area contributed by atoms with E-state index in [0.29, 0.717) is 44.8 Å². The minimum Gasteiger partial charge on any atom is -0.461 e. The Kier molecular flexibility index (Phi) is 8.80. The third-order valence-electron chi connectivity index (χ3n) is 5.69. The zero-order chi connectivity index (χ0) is 25.6. The van der Waals surface area contributed by atoms with Crippen LogP contribution in [0.5, 0.6) is 0 Å². The predicted octanol–water partition coefficient (Wildman–Crippen LogP) is 5.04. The van der Waals surface area contributed by atoms with E-state index in [0.717, 1.165) is 50.0 Å². The maximum atomic E-state index is 12.5. The molecule has 0 unspecified atom stereocenters. The number of thiazole rings is 1. The molecule has 1 aromatic carbocycles. The topological polar surface area (TPSA) is 98.3 Å². The molecule has 5 rings (SSSR count). The second-order valence-electron chi connectivity index (χ2n) is 8.20. The van der Waals surface area contributed by atoms with Crippen LogP contribution in [0.2, 0.25) is 10.0 Å². The van der Waals surface area contributed by atoms with Crippen LogP contribution in [0.15, 0.2) is 51.5 Å². The number of halogens is 2. The van der Waals surface area contributed by atoms with Crippen LogP contribution in [0.25, 0.3) is 17.3 Å². The molecule has 0 bridgehead atoms. The number of benzene rings is 1. The summed E-state index contributed by atoms with van der Waals surface area (Å²) in [5.74, 6) is 1.48. The van der Waals surface area contributed by atoms with Gasteiger partial charge < -0.3 is 14.5 Å². The van der Waals surface area contributed by atoms with Crippen LogP contribution in [0.3, 0.4) is 0 Å². The first kappa shape index (κ1) is 26.2. The number of nitrogens with one attached hydrogen (secondary N) is 1. The molecule has 3 aromatic heterocycles. The lowest BCUT2D eigenvalue weighted by Gasteiger charge is -2.26. The highest BCUT2D eigenvalue weighted by Crippen LogP contribution is 2.33.